The number of aliphatic hydroxyl groups excluding tert-OH is 1. The maximum Gasteiger partial charge on any atom is 0.323 e. The summed E-state index contributed by atoms with van der Waals surface area (Å²) >= 11 is 11.4. The van der Waals surface area contributed by atoms with Crippen LogP contribution in [0.15, 0.2) is 18.2 Å². The molecule has 0 aliphatic carbocycles. The molecule has 1 aromatic carbocycles. The first-order valence-corrected chi connectivity index (χ1v) is 4.80. The Morgan fingerprint density at radius 1 is 1.33 bits per heavy atom. The highest BCUT2D eigenvalue weighted by atomic mass is 35.5. The summed E-state index contributed by atoms with van der Waals surface area (Å²) in [7, 11) is 0. The van der Waals surface area contributed by atoms with E-state index in [1.54, 1.807) is 0 Å². The number of rotatable bonds is 3. The molecule has 0 fully saturated rings. The highest BCUT2D eigenvalue weighted by molar-refractivity contribution is 6.42. The Labute approximate surface area is 96.2 Å². The third kappa shape index (κ3) is 2.82. The Hall–Kier alpha value is -0.810. The van der Waals surface area contributed by atoms with E-state index in [0.29, 0.717) is 10.6 Å². The minimum Gasteiger partial charge on any atom is -0.480 e. The molecule has 0 bridgehead atoms. The Morgan fingerprint density at radius 2 is 1.93 bits per heavy atom. The second kappa shape index (κ2) is 4.81. The summed E-state index contributed by atoms with van der Waals surface area (Å²) in [6.45, 7) is 0. The molecule has 4 N–H and O–H groups in total. The predicted octanol–water partition coefficient (Wildman–Crippen LogP) is 1.44. The minimum atomic E-state index is -1.39. The molecule has 0 spiro atoms. The van der Waals surface area contributed by atoms with Gasteiger partial charge in [0.25, 0.3) is 0 Å². The van der Waals surface area contributed by atoms with Gasteiger partial charge in [-0.3, -0.25) is 4.79 Å². The summed E-state index contributed by atoms with van der Waals surface area (Å²) in [5.41, 5.74) is 5.57. The smallest absolute Gasteiger partial charge is 0.323 e. The number of aliphatic hydroxyl groups is 1. The fourth-order valence-electron chi connectivity index (χ4n) is 1.04. The molecule has 1 rings (SSSR count). The zero-order chi connectivity index (χ0) is 11.6. The van der Waals surface area contributed by atoms with Crippen molar-refractivity contribution in [1.29, 1.82) is 0 Å². The van der Waals surface area contributed by atoms with Crippen molar-refractivity contribution < 1.29 is 15.0 Å². The summed E-state index contributed by atoms with van der Waals surface area (Å²) in [6.07, 6.45) is -1.31. The first-order chi connectivity index (χ1) is 6.93. The number of halogens is 2. The van der Waals surface area contributed by atoms with Crippen molar-refractivity contribution in [3.8, 4) is 0 Å². The topological polar surface area (TPSA) is 83.6 Å². The van der Waals surface area contributed by atoms with Crippen LogP contribution in [0, 0.1) is 0 Å². The summed E-state index contributed by atoms with van der Waals surface area (Å²) in [5, 5.41) is 18.7. The van der Waals surface area contributed by atoms with Crippen LogP contribution >= 0.6 is 23.2 Å². The summed E-state index contributed by atoms with van der Waals surface area (Å²) in [6, 6.07) is 2.94. The molecular formula is C9H9Cl2NO3. The number of hydrogen-bond acceptors (Lipinski definition) is 3. The zero-order valence-corrected chi connectivity index (χ0v) is 9.03. The largest absolute Gasteiger partial charge is 0.480 e. The summed E-state index contributed by atoms with van der Waals surface area (Å²) in [5.74, 6) is -1.28. The molecule has 82 valence electrons. The quantitative estimate of drug-likeness (QED) is 0.757. The van der Waals surface area contributed by atoms with Gasteiger partial charge in [0.1, 0.15) is 12.1 Å². The molecule has 6 heteroatoms. The maximum absolute atomic E-state index is 10.5. The first-order valence-electron chi connectivity index (χ1n) is 4.05. The van der Waals surface area contributed by atoms with E-state index in [0.717, 1.165) is 0 Å². The van der Waals surface area contributed by atoms with Crippen molar-refractivity contribution in [3.05, 3.63) is 33.8 Å². The van der Waals surface area contributed by atoms with Crippen LogP contribution in [0.3, 0.4) is 0 Å². The third-order valence-corrected chi connectivity index (χ3v) is 2.65. The number of aliphatic carboxylic acids is 1. The van der Waals surface area contributed by atoms with Gasteiger partial charge in [-0.05, 0) is 17.7 Å². The number of carboxylic acid groups (broad SMARTS) is 1. The maximum atomic E-state index is 10.5. The van der Waals surface area contributed by atoms with Gasteiger partial charge in [-0.15, -0.1) is 0 Å². The number of benzene rings is 1. The lowest BCUT2D eigenvalue weighted by atomic mass is 10.0. The SMILES string of the molecule is N[C@H](C(=O)O)[C@@H](O)c1ccc(Cl)c(Cl)c1. The van der Waals surface area contributed by atoms with Gasteiger partial charge in [-0.25, -0.2) is 0 Å². The van der Waals surface area contributed by atoms with E-state index in [2.05, 4.69) is 0 Å². The molecule has 0 aromatic heterocycles. The van der Waals surface area contributed by atoms with Crippen molar-refractivity contribution in [3.63, 3.8) is 0 Å². The van der Waals surface area contributed by atoms with E-state index in [4.69, 9.17) is 34.0 Å². The van der Waals surface area contributed by atoms with Crippen LogP contribution < -0.4 is 5.73 Å². The lowest BCUT2D eigenvalue weighted by Crippen LogP contribution is -2.36. The summed E-state index contributed by atoms with van der Waals surface area (Å²) < 4.78 is 0. The summed E-state index contributed by atoms with van der Waals surface area (Å²) in [4.78, 5) is 10.5. The van der Waals surface area contributed by atoms with Gasteiger partial charge in [0.2, 0.25) is 0 Å². The minimum absolute atomic E-state index is 0.241. The zero-order valence-electron chi connectivity index (χ0n) is 7.52. The van der Waals surface area contributed by atoms with Gasteiger partial charge in [0.05, 0.1) is 10.0 Å². The Balaban J connectivity index is 2.96. The molecule has 2 atom stereocenters. The highest BCUT2D eigenvalue weighted by Crippen LogP contribution is 2.26. The monoisotopic (exact) mass is 249 g/mol. The van der Waals surface area contributed by atoms with Gasteiger partial charge in [-0.1, -0.05) is 29.3 Å². The molecule has 0 amide bonds. The third-order valence-electron chi connectivity index (χ3n) is 1.91. The lowest BCUT2D eigenvalue weighted by Gasteiger charge is -2.15. The molecule has 0 saturated heterocycles. The molecule has 15 heavy (non-hydrogen) atoms. The second-order valence-corrected chi connectivity index (χ2v) is 3.80. The molecule has 0 heterocycles. The van der Waals surface area contributed by atoms with Crippen LogP contribution in [-0.2, 0) is 4.79 Å². The van der Waals surface area contributed by atoms with Crippen molar-refractivity contribution in [2.24, 2.45) is 5.73 Å². The Bertz CT molecular complexity index is 384. The van der Waals surface area contributed by atoms with Gasteiger partial charge < -0.3 is 15.9 Å². The van der Waals surface area contributed by atoms with Crippen LogP contribution in [0.1, 0.15) is 11.7 Å². The molecule has 1 aromatic rings. The average Bonchev–Trinajstić information content (AvgIpc) is 2.19. The Kier molecular flexibility index (Phi) is 3.93. The number of carboxylic acids is 1. The molecule has 0 unspecified atom stereocenters. The van der Waals surface area contributed by atoms with E-state index >= 15 is 0 Å². The molecule has 0 saturated carbocycles. The van der Waals surface area contributed by atoms with Crippen LogP contribution in [0.25, 0.3) is 0 Å². The van der Waals surface area contributed by atoms with E-state index in [9.17, 15) is 9.90 Å². The average molecular weight is 250 g/mol. The highest BCUT2D eigenvalue weighted by Gasteiger charge is 2.23. The second-order valence-electron chi connectivity index (χ2n) is 2.98. The van der Waals surface area contributed by atoms with Crippen molar-refractivity contribution >= 4 is 29.2 Å². The number of carbonyl (C=O) groups is 1. The fraction of sp³-hybridized carbons (Fsp3) is 0.222. The lowest BCUT2D eigenvalue weighted by molar-refractivity contribution is -0.141. The predicted molar refractivity (Wildman–Crippen MR) is 57.0 cm³/mol. The standard InChI is InChI=1S/C9H9Cl2NO3/c10-5-2-1-4(3-6(5)11)8(13)7(12)9(14)15/h1-3,7-8,13H,12H2,(H,14,15)/t7-,8-/m0/s1. The van der Waals surface area contributed by atoms with E-state index in [1.165, 1.54) is 18.2 Å². The molecule has 0 aliphatic heterocycles. The van der Waals surface area contributed by atoms with Crippen LogP contribution in [-0.4, -0.2) is 22.2 Å². The van der Waals surface area contributed by atoms with Gasteiger partial charge in [0.15, 0.2) is 0 Å². The fourth-order valence-corrected chi connectivity index (χ4v) is 1.35. The molecule has 0 aliphatic rings. The van der Waals surface area contributed by atoms with E-state index in [-0.39, 0.29) is 5.02 Å². The normalized spacial score (nSPS) is 14.7. The number of hydrogen-bond donors (Lipinski definition) is 3. The van der Waals surface area contributed by atoms with Crippen molar-refractivity contribution in [1.82, 2.24) is 0 Å². The van der Waals surface area contributed by atoms with E-state index < -0.39 is 18.1 Å². The Morgan fingerprint density at radius 3 is 2.40 bits per heavy atom. The van der Waals surface area contributed by atoms with Crippen LogP contribution in [0.4, 0.5) is 0 Å². The van der Waals surface area contributed by atoms with Gasteiger partial charge in [0, 0.05) is 0 Å². The van der Waals surface area contributed by atoms with Crippen molar-refractivity contribution in [2.45, 2.75) is 12.1 Å². The van der Waals surface area contributed by atoms with Crippen LogP contribution in [0.5, 0.6) is 0 Å². The molecule has 0 radical (unpaired) electrons. The van der Waals surface area contributed by atoms with E-state index in [1.807, 2.05) is 0 Å². The van der Waals surface area contributed by atoms with Gasteiger partial charge in [-0.2, -0.15) is 0 Å². The number of nitrogens with two attached hydrogens (primary N) is 1. The van der Waals surface area contributed by atoms with Gasteiger partial charge >= 0.3 is 5.97 Å². The molecule has 4 nitrogen and oxygen atoms in total. The van der Waals surface area contributed by atoms with Crippen LogP contribution in [0.2, 0.25) is 10.0 Å². The molecular weight excluding hydrogens is 241 g/mol. The first kappa shape index (κ1) is 12.3. The van der Waals surface area contributed by atoms with Crippen molar-refractivity contribution in [2.75, 3.05) is 0 Å².